The number of carbonyl (C=O) groups is 1. The van der Waals surface area contributed by atoms with Crippen LogP contribution in [0.1, 0.15) is 41.7 Å². The molecule has 8 nitrogen and oxygen atoms in total. The molecule has 1 N–H and O–H groups in total. The molecule has 9 heteroatoms. The van der Waals surface area contributed by atoms with Crippen LogP contribution in [0.5, 0.6) is 5.75 Å². The molecule has 0 saturated carbocycles. The van der Waals surface area contributed by atoms with Gasteiger partial charge in [0.15, 0.2) is 0 Å². The zero-order chi connectivity index (χ0) is 22.7. The first-order valence-corrected chi connectivity index (χ1v) is 11.9. The van der Waals surface area contributed by atoms with E-state index in [0.29, 0.717) is 13.1 Å². The monoisotopic (exact) mass is 454 g/mol. The fourth-order valence-electron chi connectivity index (χ4n) is 3.80. The highest BCUT2D eigenvalue weighted by Crippen LogP contribution is 2.30. The normalized spacial score (nSPS) is 15.4. The summed E-state index contributed by atoms with van der Waals surface area (Å²) in [5.41, 5.74) is 2.17. The average Bonchev–Trinajstić information content (AvgIpc) is 3.53. The summed E-state index contributed by atoms with van der Waals surface area (Å²) in [6, 6.07) is 12.0. The Labute approximate surface area is 187 Å². The van der Waals surface area contributed by atoms with Crippen LogP contribution >= 0.6 is 0 Å². The first-order chi connectivity index (χ1) is 15.4. The lowest BCUT2D eigenvalue weighted by molar-refractivity contribution is 0.0939. The van der Waals surface area contributed by atoms with E-state index in [1.165, 1.54) is 23.5 Å². The van der Waals surface area contributed by atoms with Crippen molar-refractivity contribution in [2.45, 2.75) is 30.7 Å². The summed E-state index contributed by atoms with van der Waals surface area (Å²) in [5.74, 6) is -0.117. The molecule has 1 fully saturated rings. The fraction of sp³-hybridized carbons (Fsp3) is 0.304. The lowest BCUT2D eigenvalue weighted by Crippen LogP contribution is -2.29. The van der Waals surface area contributed by atoms with E-state index in [1.54, 1.807) is 18.6 Å². The molecular weight excluding hydrogens is 428 g/mol. The van der Waals surface area contributed by atoms with Crippen molar-refractivity contribution in [3.05, 3.63) is 72.3 Å². The third-order valence-corrected chi connectivity index (χ3v) is 7.57. The van der Waals surface area contributed by atoms with Crippen LogP contribution in [-0.4, -0.2) is 48.4 Å². The summed E-state index contributed by atoms with van der Waals surface area (Å²) in [4.78, 5) is 17.0. The van der Waals surface area contributed by atoms with Gasteiger partial charge in [-0.3, -0.25) is 4.79 Å². The van der Waals surface area contributed by atoms with Gasteiger partial charge in [-0.25, -0.2) is 13.4 Å². The second-order valence-electron chi connectivity index (χ2n) is 7.73. The van der Waals surface area contributed by atoms with Crippen molar-refractivity contribution in [2.75, 3.05) is 20.2 Å². The van der Waals surface area contributed by atoms with Gasteiger partial charge in [0.05, 0.1) is 19.5 Å². The van der Waals surface area contributed by atoms with Crippen LogP contribution < -0.4 is 10.1 Å². The van der Waals surface area contributed by atoms with Crippen LogP contribution in [0.25, 0.3) is 5.69 Å². The predicted octanol–water partition coefficient (Wildman–Crippen LogP) is 3.16. The topological polar surface area (TPSA) is 93.5 Å². The number of benzene rings is 2. The summed E-state index contributed by atoms with van der Waals surface area (Å²) in [6.45, 7) is 2.84. The third-order valence-electron chi connectivity index (χ3n) is 5.65. The molecular formula is C23H26N4O4S. The number of carbonyl (C=O) groups excluding carboxylic acids is 1. The van der Waals surface area contributed by atoms with E-state index in [0.717, 1.165) is 24.1 Å². The number of amides is 1. The minimum absolute atomic E-state index is 0.0203. The van der Waals surface area contributed by atoms with Gasteiger partial charge in [0, 0.05) is 36.7 Å². The number of ether oxygens (including phenoxy) is 1. The van der Waals surface area contributed by atoms with Gasteiger partial charge in [-0.15, -0.1) is 0 Å². The Morgan fingerprint density at radius 2 is 1.84 bits per heavy atom. The van der Waals surface area contributed by atoms with E-state index < -0.39 is 10.0 Å². The van der Waals surface area contributed by atoms with Crippen molar-refractivity contribution < 1.29 is 17.9 Å². The zero-order valence-corrected chi connectivity index (χ0v) is 18.9. The molecule has 3 aromatic rings. The minimum atomic E-state index is -3.72. The Morgan fingerprint density at radius 3 is 2.47 bits per heavy atom. The summed E-state index contributed by atoms with van der Waals surface area (Å²) in [5, 5.41) is 2.95. The molecule has 1 aliphatic rings. The number of methoxy groups -OCH3 is 1. The maximum absolute atomic E-state index is 13.1. The van der Waals surface area contributed by atoms with Crippen LogP contribution in [0.3, 0.4) is 0 Å². The summed E-state index contributed by atoms with van der Waals surface area (Å²) in [6.07, 6.45) is 6.96. The van der Waals surface area contributed by atoms with Gasteiger partial charge in [-0.05, 0) is 55.7 Å². The highest BCUT2D eigenvalue weighted by atomic mass is 32.2. The molecule has 32 heavy (non-hydrogen) atoms. The molecule has 1 atom stereocenters. The van der Waals surface area contributed by atoms with Crippen molar-refractivity contribution in [3.8, 4) is 11.4 Å². The number of rotatable bonds is 7. The molecule has 1 aromatic heterocycles. The lowest BCUT2D eigenvalue weighted by atomic mass is 10.1. The molecule has 1 saturated heterocycles. The van der Waals surface area contributed by atoms with E-state index in [-0.39, 0.29) is 28.2 Å². The molecule has 2 heterocycles. The lowest BCUT2D eigenvalue weighted by Gasteiger charge is -2.19. The van der Waals surface area contributed by atoms with Gasteiger partial charge in [0.1, 0.15) is 10.6 Å². The largest absolute Gasteiger partial charge is 0.495 e. The molecule has 1 aliphatic heterocycles. The zero-order valence-electron chi connectivity index (χ0n) is 18.1. The molecule has 0 bridgehead atoms. The Bertz CT molecular complexity index is 1190. The van der Waals surface area contributed by atoms with E-state index >= 15 is 0 Å². The van der Waals surface area contributed by atoms with Gasteiger partial charge in [-0.2, -0.15) is 4.31 Å². The number of sulfonamides is 1. The minimum Gasteiger partial charge on any atom is -0.495 e. The number of aromatic nitrogens is 2. The van der Waals surface area contributed by atoms with Crippen LogP contribution in [-0.2, 0) is 10.0 Å². The maximum Gasteiger partial charge on any atom is 0.251 e. The molecule has 1 amide bonds. The van der Waals surface area contributed by atoms with Crippen LogP contribution in [0, 0.1) is 0 Å². The summed E-state index contributed by atoms with van der Waals surface area (Å²) < 4.78 is 34.8. The molecule has 168 valence electrons. The maximum atomic E-state index is 13.1. The number of hydrogen-bond acceptors (Lipinski definition) is 5. The third kappa shape index (κ3) is 4.39. The van der Waals surface area contributed by atoms with E-state index in [4.69, 9.17) is 4.74 Å². The van der Waals surface area contributed by atoms with Crippen LogP contribution in [0.4, 0.5) is 0 Å². The molecule has 2 aromatic carbocycles. The standard InChI is InChI=1S/C23H26N4O4S/c1-17(18-5-8-20(9-6-18)26-14-11-24-16-26)25-23(28)19-7-10-21(31-2)22(15-19)32(29,30)27-12-3-4-13-27/h5-11,14-17H,3-4,12-13H2,1-2H3,(H,25,28)/t17-/m1/s1. The van der Waals surface area contributed by atoms with Crippen molar-refractivity contribution in [3.63, 3.8) is 0 Å². The molecule has 0 spiro atoms. The fourth-order valence-corrected chi connectivity index (χ4v) is 5.50. The van der Waals surface area contributed by atoms with Gasteiger partial charge in [-0.1, -0.05) is 12.1 Å². The second-order valence-corrected chi connectivity index (χ2v) is 9.64. The summed E-state index contributed by atoms with van der Waals surface area (Å²) in [7, 11) is -2.30. The highest BCUT2D eigenvalue weighted by Gasteiger charge is 2.30. The van der Waals surface area contributed by atoms with Gasteiger partial charge >= 0.3 is 0 Å². The first kappa shape index (κ1) is 22.0. The second kappa shape index (κ2) is 9.13. The number of imidazole rings is 1. The van der Waals surface area contributed by atoms with Crippen LogP contribution in [0.2, 0.25) is 0 Å². The number of hydrogen-bond donors (Lipinski definition) is 1. The average molecular weight is 455 g/mol. The smallest absolute Gasteiger partial charge is 0.251 e. The molecule has 4 rings (SSSR count). The predicted molar refractivity (Wildman–Crippen MR) is 120 cm³/mol. The van der Waals surface area contributed by atoms with E-state index in [9.17, 15) is 13.2 Å². The van der Waals surface area contributed by atoms with Gasteiger partial charge < -0.3 is 14.6 Å². The SMILES string of the molecule is COc1ccc(C(=O)N[C@H](C)c2ccc(-n3ccnc3)cc2)cc1S(=O)(=O)N1CCCC1. The first-order valence-electron chi connectivity index (χ1n) is 10.5. The van der Waals surface area contributed by atoms with E-state index in [1.807, 2.05) is 42.0 Å². The Balaban J connectivity index is 1.53. The van der Waals surface area contributed by atoms with Gasteiger partial charge in [0.2, 0.25) is 10.0 Å². The quantitative estimate of drug-likeness (QED) is 0.592. The van der Waals surface area contributed by atoms with Crippen LogP contribution in [0.15, 0.2) is 66.1 Å². The van der Waals surface area contributed by atoms with Crippen molar-refractivity contribution >= 4 is 15.9 Å². The number of nitrogens with one attached hydrogen (secondary N) is 1. The molecule has 0 unspecified atom stereocenters. The number of nitrogens with zero attached hydrogens (tertiary/aromatic N) is 3. The Morgan fingerprint density at radius 1 is 1.12 bits per heavy atom. The molecule has 0 aliphatic carbocycles. The highest BCUT2D eigenvalue weighted by molar-refractivity contribution is 7.89. The van der Waals surface area contributed by atoms with Crippen molar-refractivity contribution in [1.29, 1.82) is 0 Å². The Hall–Kier alpha value is -3.17. The van der Waals surface area contributed by atoms with Crippen molar-refractivity contribution in [1.82, 2.24) is 19.2 Å². The van der Waals surface area contributed by atoms with Crippen molar-refractivity contribution in [2.24, 2.45) is 0 Å². The summed E-state index contributed by atoms with van der Waals surface area (Å²) >= 11 is 0. The van der Waals surface area contributed by atoms with Gasteiger partial charge in [0.25, 0.3) is 5.91 Å². The van der Waals surface area contributed by atoms with E-state index in [2.05, 4.69) is 10.3 Å². The Kier molecular flexibility index (Phi) is 6.29. The molecule has 0 radical (unpaired) electrons.